The zero-order chi connectivity index (χ0) is 13.0. The van der Waals surface area contributed by atoms with E-state index in [-0.39, 0.29) is 11.8 Å². The SMILES string of the molecule is Cc1cc(CS(=O)(=O)NCC2COCCN2)no1. The van der Waals surface area contributed by atoms with Crippen LogP contribution in [0.25, 0.3) is 0 Å². The first kappa shape index (κ1) is 13.5. The second-order valence-corrected chi connectivity index (χ2v) is 6.07. The third-order valence-electron chi connectivity index (χ3n) is 2.56. The molecule has 0 saturated carbocycles. The van der Waals surface area contributed by atoms with Crippen molar-refractivity contribution >= 4 is 10.0 Å². The monoisotopic (exact) mass is 275 g/mol. The lowest BCUT2D eigenvalue weighted by atomic mass is 10.3. The highest BCUT2D eigenvalue weighted by Gasteiger charge is 2.18. The molecular weight excluding hydrogens is 258 g/mol. The van der Waals surface area contributed by atoms with Gasteiger partial charge in [0.25, 0.3) is 0 Å². The lowest BCUT2D eigenvalue weighted by molar-refractivity contribution is 0.0784. The maximum Gasteiger partial charge on any atom is 0.217 e. The van der Waals surface area contributed by atoms with Crippen molar-refractivity contribution in [2.24, 2.45) is 0 Å². The van der Waals surface area contributed by atoms with Gasteiger partial charge >= 0.3 is 0 Å². The van der Waals surface area contributed by atoms with Gasteiger partial charge in [0, 0.05) is 25.2 Å². The highest BCUT2D eigenvalue weighted by Crippen LogP contribution is 2.05. The van der Waals surface area contributed by atoms with Gasteiger partial charge in [-0.1, -0.05) is 5.16 Å². The second-order valence-electron chi connectivity index (χ2n) is 4.26. The van der Waals surface area contributed by atoms with Gasteiger partial charge in [-0.25, -0.2) is 13.1 Å². The zero-order valence-corrected chi connectivity index (χ0v) is 11.0. The van der Waals surface area contributed by atoms with Gasteiger partial charge in [-0.2, -0.15) is 0 Å². The third-order valence-corrected chi connectivity index (χ3v) is 3.85. The number of ether oxygens (including phenoxy) is 1. The van der Waals surface area contributed by atoms with Crippen molar-refractivity contribution in [2.75, 3.05) is 26.3 Å². The summed E-state index contributed by atoms with van der Waals surface area (Å²) in [5, 5.41) is 6.83. The van der Waals surface area contributed by atoms with Crippen molar-refractivity contribution in [3.05, 3.63) is 17.5 Å². The Morgan fingerprint density at radius 3 is 3.06 bits per heavy atom. The molecule has 1 atom stereocenters. The van der Waals surface area contributed by atoms with Crippen LogP contribution in [0.1, 0.15) is 11.5 Å². The highest BCUT2D eigenvalue weighted by molar-refractivity contribution is 7.88. The molecule has 0 aliphatic carbocycles. The van der Waals surface area contributed by atoms with Crippen LogP contribution in [-0.4, -0.2) is 45.9 Å². The molecule has 1 aromatic rings. The summed E-state index contributed by atoms with van der Waals surface area (Å²) in [4.78, 5) is 0. The number of hydrogen-bond acceptors (Lipinski definition) is 6. The molecule has 18 heavy (non-hydrogen) atoms. The Hall–Kier alpha value is -0.960. The summed E-state index contributed by atoms with van der Waals surface area (Å²) >= 11 is 0. The Morgan fingerprint density at radius 2 is 2.44 bits per heavy atom. The van der Waals surface area contributed by atoms with Crippen molar-refractivity contribution in [3.63, 3.8) is 0 Å². The van der Waals surface area contributed by atoms with E-state index in [0.717, 1.165) is 6.54 Å². The standard InChI is InChI=1S/C10H17N3O4S/c1-8-4-9(13-17-8)7-18(14,15)12-5-10-6-16-3-2-11-10/h4,10-12H,2-3,5-7H2,1H3. The molecule has 102 valence electrons. The fourth-order valence-corrected chi connectivity index (χ4v) is 2.79. The summed E-state index contributed by atoms with van der Waals surface area (Å²) in [6.07, 6.45) is 0. The van der Waals surface area contributed by atoms with Gasteiger partial charge in [-0.3, -0.25) is 0 Å². The molecule has 0 radical (unpaired) electrons. The van der Waals surface area contributed by atoms with Gasteiger partial charge in [0.15, 0.2) is 0 Å². The minimum Gasteiger partial charge on any atom is -0.378 e. The topological polar surface area (TPSA) is 93.5 Å². The van der Waals surface area contributed by atoms with Crippen molar-refractivity contribution in [2.45, 2.75) is 18.7 Å². The molecule has 1 aromatic heterocycles. The number of morpholine rings is 1. The zero-order valence-electron chi connectivity index (χ0n) is 10.2. The van der Waals surface area contributed by atoms with Crippen LogP contribution < -0.4 is 10.0 Å². The Morgan fingerprint density at radius 1 is 1.61 bits per heavy atom. The predicted molar refractivity (Wildman–Crippen MR) is 64.5 cm³/mol. The maximum absolute atomic E-state index is 11.8. The van der Waals surface area contributed by atoms with E-state index in [0.29, 0.717) is 31.2 Å². The van der Waals surface area contributed by atoms with Crippen LogP contribution >= 0.6 is 0 Å². The van der Waals surface area contributed by atoms with E-state index in [1.54, 1.807) is 13.0 Å². The smallest absolute Gasteiger partial charge is 0.217 e. The van der Waals surface area contributed by atoms with E-state index in [4.69, 9.17) is 9.26 Å². The summed E-state index contributed by atoms with van der Waals surface area (Å²) < 4.78 is 36.2. The molecule has 1 aliphatic heterocycles. The quantitative estimate of drug-likeness (QED) is 0.744. The van der Waals surface area contributed by atoms with Crippen LogP contribution in [0.3, 0.4) is 0 Å². The number of nitrogens with zero attached hydrogens (tertiary/aromatic N) is 1. The van der Waals surface area contributed by atoms with E-state index in [1.165, 1.54) is 0 Å². The number of sulfonamides is 1. The lowest BCUT2D eigenvalue weighted by Gasteiger charge is -2.23. The van der Waals surface area contributed by atoms with Crippen LogP contribution in [0.15, 0.2) is 10.6 Å². The Labute approximate surface area is 106 Å². The van der Waals surface area contributed by atoms with Gasteiger partial charge in [0.2, 0.25) is 10.0 Å². The fourth-order valence-electron chi connectivity index (χ4n) is 1.71. The average molecular weight is 275 g/mol. The number of aryl methyl sites for hydroxylation is 1. The number of aromatic nitrogens is 1. The minimum absolute atomic E-state index is 0.0209. The second kappa shape index (κ2) is 5.79. The van der Waals surface area contributed by atoms with E-state index >= 15 is 0 Å². The summed E-state index contributed by atoms with van der Waals surface area (Å²) in [5.41, 5.74) is 0.410. The van der Waals surface area contributed by atoms with E-state index in [2.05, 4.69) is 15.2 Å². The van der Waals surface area contributed by atoms with Crippen LogP contribution in [0.5, 0.6) is 0 Å². The number of rotatable bonds is 5. The third kappa shape index (κ3) is 4.05. The van der Waals surface area contributed by atoms with E-state index < -0.39 is 10.0 Å². The molecule has 7 nitrogen and oxygen atoms in total. The van der Waals surface area contributed by atoms with Crippen LogP contribution in [0.4, 0.5) is 0 Å². The molecule has 8 heteroatoms. The van der Waals surface area contributed by atoms with Crippen LogP contribution in [0.2, 0.25) is 0 Å². The highest BCUT2D eigenvalue weighted by atomic mass is 32.2. The Balaban J connectivity index is 1.83. The maximum atomic E-state index is 11.8. The molecule has 1 unspecified atom stereocenters. The summed E-state index contributed by atoms with van der Waals surface area (Å²) in [6.45, 7) is 3.97. The lowest BCUT2D eigenvalue weighted by Crippen LogP contribution is -2.48. The molecule has 0 amide bonds. The Kier molecular flexibility index (Phi) is 4.33. The van der Waals surface area contributed by atoms with Crippen LogP contribution in [0, 0.1) is 6.92 Å². The predicted octanol–water partition coefficient (Wildman–Crippen LogP) is -0.609. The molecule has 2 rings (SSSR count). The number of nitrogens with one attached hydrogen (secondary N) is 2. The Bertz CT molecular complexity index is 479. The fraction of sp³-hybridized carbons (Fsp3) is 0.700. The van der Waals surface area contributed by atoms with E-state index in [9.17, 15) is 8.42 Å². The molecule has 1 fully saturated rings. The van der Waals surface area contributed by atoms with Crippen molar-refractivity contribution in [1.29, 1.82) is 0 Å². The van der Waals surface area contributed by atoms with Crippen LogP contribution in [-0.2, 0) is 20.5 Å². The first-order chi connectivity index (χ1) is 8.55. The molecule has 1 saturated heterocycles. The summed E-state index contributed by atoms with van der Waals surface area (Å²) in [6, 6.07) is 1.63. The van der Waals surface area contributed by atoms with Gasteiger partial charge in [-0.15, -0.1) is 0 Å². The summed E-state index contributed by atoms with van der Waals surface area (Å²) in [5.74, 6) is 0.431. The largest absolute Gasteiger partial charge is 0.378 e. The van der Waals surface area contributed by atoms with Gasteiger partial charge in [-0.05, 0) is 6.92 Å². The molecule has 0 aromatic carbocycles. The summed E-state index contributed by atoms with van der Waals surface area (Å²) in [7, 11) is -3.39. The first-order valence-corrected chi connectivity index (χ1v) is 7.41. The first-order valence-electron chi connectivity index (χ1n) is 5.76. The van der Waals surface area contributed by atoms with Gasteiger partial charge < -0.3 is 14.6 Å². The van der Waals surface area contributed by atoms with Gasteiger partial charge in [0.05, 0.1) is 13.2 Å². The van der Waals surface area contributed by atoms with Crippen molar-refractivity contribution in [1.82, 2.24) is 15.2 Å². The van der Waals surface area contributed by atoms with E-state index in [1.807, 2.05) is 0 Å². The molecular formula is C10H17N3O4S. The average Bonchev–Trinajstić information content (AvgIpc) is 2.73. The number of hydrogen-bond donors (Lipinski definition) is 2. The van der Waals surface area contributed by atoms with Crippen molar-refractivity contribution in [3.8, 4) is 0 Å². The van der Waals surface area contributed by atoms with Crippen molar-refractivity contribution < 1.29 is 17.7 Å². The minimum atomic E-state index is -3.39. The molecule has 2 heterocycles. The molecule has 0 bridgehead atoms. The normalized spacial score (nSPS) is 21.1. The molecule has 2 N–H and O–H groups in total. The molecule has 1 aliphatic rings. The molecule has 0 spiro atoms. The van der Waals surface area contributed by atoms with Gasteiger partial charge in [0.1, 0.15) is 17.2 Å².